The molecule has 0 aliphatic heterocycles. The van der Waals surface area contributed by atoms with E-state index in [2.05, 4.69) is 50.2 Å². The maximum atomic E-state index is 12.3. The number of ether oxygens (including phenoxy) is 1. The zero-order chi connectivity index (χ0) is 17.6. The Bertz CT molecular complexity index is 685. The Balaban J connectivity index is 1.67. The van der Waals surface area contributed by atoms with Gasteiger partial charge in [0.1, 0.15) is 11.5 Å². The molecule has 3 rings (SSSR count). The normalized spacial score (nSPS) is 20.5. The third kappa shape index (κ3) is 4.50. The molecule has 132 valence electrons. The van der Waals surface area contributed by atoms with Gasteiger partial charge in [-0.2, -0.15) is 0 Å². The Morgan fingerprint density at radius 2 is 1.60 bits per heavy atom. The number of unbranched alkanes of at least 4 members (excludes halogenated alkanes) is 1. The third-order valence-corrected chi connectivity index (χ3v) is 5.15. The Kier molecular flexibility index (Phi) is 5.91. The largest absolute Gasteiger partial charge is 0.494 e. The standard InChI is InChI=1S/C23H28O2/c1-3-4-15-25-21-12-10-19(11-13-21)18-6-8-20(9-7-18)22-14-5-17(2)16-23(22)24/h6-13,17,22H,3-5,14-16H2,1-2H3/t17-,22+/m0/s1. The highest BCUT2D eigenvalue weighted by Gasteiger charge is 2.27. The van der Waals surface area contributed by atoms with Crippen LogP contribution < -0.4 is 4.74 Å². The van der Waals surface area contributed by atoms with Gasteiger partial charge in [-0.15, -0.1) is 0 Å². The van der Waals surface area contributed by atoms with E-state index in [1.807, 2.05) is 12.1 Å². The summed E-state index contributed by atoms with van der Waals surface area (Å²) in [6.07, 6.45) is 5.10. The first-order valence-corrected chi connectivity index (χ1v) is 9.53. The molecule has 2 heteroatoms. The molecule has 1 aliphatic carbocycles. The average molecular weight is 336 g/mol. The van der Waals surface area contributed by atoms with Gasteiger partial charge in [0.2, 0.25) is 0 Å². The van der Waals surface area contributed by atoms with E-state index in [1.165, 1.54) is 16.7 Å². The fourth-order valence-corrected chi connectivity index (χ4v) is 3.54. The van der Waals surface area contributed by atoms with Crippen LogP contribution >= 0.6 is 0 Å². The molecule has 2 aromatic carbocycles. The van der Waals surface area contributed by atoms with Crippen LogP contribution in [0.15, 0.2) is 48.5 Å². The molecular formula is C23H28O2. The molecule has 0 amide bonds. The molecule has 0 unspecified atom stereocenters. The van der Waals surface area contributed by atoms with Gasteiger partial charge in [-0.1, -0.05) is 56.7 Å². The van der Waals surface area contributed by atoms with E-state index >= 15 is 0 Å². The van der Waals surface area contributed by atoms with E-state index in [-0.39, 0.29) is 5.92 Å². The predicted molar refractivity (Wildman–Crippen MR) is 103 cm³/mol. The van der Waals surface area contributed by atoms with Crippen LogP contribution in [0.25, 0.3) is 11.1 Å². The van der Waals surface area contributed by atoms with E-state index < -0.39 is 0 Å². The number of Topliss-reactive ketones (excluding diaryl/α,β-unsaturated/α-hetero) is 1. The quantitative estimate of drug-likeness (QED) is 0.604. The van der Waals surface area contributed by atoms with Gasteiger partial charge in [0.15, 0.2) is 0 Å². The number of rotatable bonds is 6. The minimum atomic E-state index is 0.0968. The van der Waals surface area contributed by atoms with Crippen LogP contribution in [0.3, 0.4) is 0 Å². The maximum absolute atomic E-state index is 12.3. The van der Waals surface area contributed by atoms with E-state index in [0.29, 0.717) is 11.7 Å². The van der Waals surface area contributed by atoms with Gasteiger partial charge < -0.3 is 4.74 Å². The van der Waals surface area contributed by atoms with Crippen molar-refractivity contribution < 1.29 is 9.53 Å². The topological polar surface area (TPSA) is 26.3 Å². The van der Waals surface area contributed by atoms with Crippen molar-refractivity contribution in [3.8, 4) is 16.9 Å². The summed E-state index contributed by atoms with van der Waals surface area (Å²) in [6, 6.07) is 16.8. The summed E-state index contributed by atoms with van der Waals surface area (Å²) in [4.78, 5) is 12.3. The molecule has 0 radical (unpaired) electrons. The van der Waals surface area contributed by atoms with Crippen molar-refractivity contribution in [3.63, 3.8) is 0 Å². The van der Waals surface area contributed by atoms with Crippen molar-refractivity contribution in [3.05, 3.63) is 54.1 Å². The van der Waals surface area contributed by atoms with Gasteiger partial charge in [-0.3, -0.25) is 4.79 Å². The molecule has 0 aromatic heterocycles. The lowest BCUT2D eigenvalue weighted by molar-refractivity contribution is -0.123. The van der Waals surface area contributed by atoms with E-state index in [4.69, 9.17) is 4.74 Å². The second-order valence-electron chi connectivity index (χ2n) is 7.25. The molecular weight excluding hydrogens is 308 g/mol. The summed E-state index contributed by atoms with van der Waals surface area (Å²) in [6.45, 7) is 5.11. The minimum absolute atomic E-state index is 0.0968. The fourth-order valence-electron chi connectivity index (χ4n) is 3.54. The lowest BCUT2D eigenvalue weighted by Gasteiger charge is -2.25. The molecule has 2 aromatic rings. The number of benzene rings is 2. The molecule has 0 heterocycles. The van der Waals surface area contributed by atoms with Crippen molar-refractivity contribution in [2.45, 2.75) is 51.9 Å². The molecule has 0 spiro atoms. The molecule has 0 N–H and O–H groups in total. The maximum Gasteiger partial charge on any atom is 0.140 e. The van der Waals surface area contributed by atoms with Crippen LogP contribution in [-0.2, 0) is 4.79 Å². The summed E-state index contributed by atoms with van der Waals surface area (Å²) in [5.41, 5.74) is 3.53. The summed E-state index contributed by atoms with van der Waals surface area (Å²) in [7, 11) is 0. The summed E-state index contributed by atoms with van der Waals surface area (Å²) >= 11 is 0. The zero-order valence-electron chi connectivity index (χ0n) is 15.3. The molecule has 1 saturated carbocycles. The molecule has 2 nitrogen and oxygen atoms in total. The predicted octanol–water partition coefficient (Wildman–Crippen LogP) is 6.01. The average Bonchev–Trinajstić information content (AvgIpc) is 2.63. The van der Waals surface area contributed by atoms with Gasteiger partial charge in [0.05, 0.1) is 6.61 Å². The fraction of sp³-hybridized carbons (Fsp3) is 0.435. The lowest BCUT2D eigenvalue weighted by atomic mass is 9.78. The minimum Gasteiger partial charge on any atom is -0.494 e. The first kappa shape index (κ1) is 17.7. The summed E-state index contributed by atoms with van der Waals surface area (Å²) in [5, 5.41) is 0. The summed E-state index contributed by atoms with van der Waals surface area (Å²) < 4.78 is 5.72. The number of hydrogen-bond donors (Lipinski definition) is 0. The highest BCUT2D eigenvalue weighted by Crippen LogP contribution is 2.34. The van der Waals surface area contributed by atoms with Crippen LogP contribution in [0.2, 0.25) is 0 Å². The van der Waals surface area contributed by atoms with Crippen molar-refractivity contribution in [2.75, 3.05) is 6.61 Å². The SMILES string of the molecule is CCCCOc1ccc(-c2ccc([C@H]3CC[C@H](C)CC3=O)cc2)cc1. The molecule has 2 atom stereocenters. The van der Waals surface area contributed by atoms with Gasteiger partial charge in [-0.25, -0.2) is 0 Å². The van der Waals surface area contributed by atoms with Crippen molar-refractivity contribution in [1.29, 1.82) is 0 Å². The number of ketones is 1. The monoisotopic (exact) mass is 336 g/mol. The Morgan fingerprint density at radius 3 is 2.20 bits per heavy atom. The molecule has 1 aliphatic rings. The van der Waals surface area contributed by atoms with Gasteiger partial charge in [0, 0.05) is 12.3 Å². The lowest BCUT2D eigenvalue weighted by Crippen LogP contribution is -2.21. The smallest absolute Gasteiger partial charge is 0.140 e. The Labute approximate surface area is 151 Å². The summed E-state index contributed by atoms with van der Waals surface area (Å²) in [5.74, 6) is 1.97. The van der Waals surface area contributed by atoms with Crippen LogP contribution in [0.5, 0.6) is 5.75 Å². The van der Waals surface area contributed by atoms with E-state index in [0.717, 1.165) is 44.5 Å². The van der Waals surface area contributed by atoms with Crippen LogP contribution in [0, 0.1) is 5.92 Å². The van der Waals surface area contributed by atoms with E-state index in [1.54, 1.807) is 0 Å². The highest BCUT2D eigenvalue weighted by molar-refractivity contribution is 5.86. The molecule has 25 heavy (non-hydrogen) atoms. The Morgan fingerprint density at radius 1 is 0.960 bits per heavy atom. The van der Waals surface area contributed by atoms with Crippen molar-refractivity contribution >= 4 is 5.78 Å². The third-order valence-electron chi connectivity index (χ3n) is 5.15. The highest BCUT2D eigenvalue weighted by atomic mass is 16.5. The number of carbonyl (C=O) groups is 1. The second-order valence-corrected chi connectivity index (χ2v) is 7.25. The molecule has 1 fully saturated rings. The van der Waals surface area contributed by atoms with Crippen molar-refractivity contribution in [2.24, 2.45) is 5.92 Å². The van der Waals surface area contributed by atoms with Gasteiger partial charge in [0.25, 0.3) is 0 Å². The van der Waals surface area contributed by atoms with E-state index in [9.17, 15) is 4.79 Å². The number of hydrogen-bond acceptors (Lipinski definition) is 2. The van der Waals surface area contributed by atoms with Gasteiger partial charge >= 0.3 is 0 Å². The molecule has 0 bridgehead atoms. The Hall–Kier alpha value is -2.09. The molecule has 0 saturated heterocycles. The van der Waals surface area contributed by atoms with Crippen LogP contribution in [0.1, 0.15) is 57.4 Å². The second kappa shape index (κ2) is 8.33. The zero-order valence-corrected chi connectivity index (χ0v) is 15.3. The first-order chi connectivity index (χ1) is 12.2. The number of carbonyl (C=O) groups excluding carboxylic acids is 1. The van der Waals surface area contributed by atoms with Crippen LogP contribution in [0.4, 0.5) is 0 Å². The van der Waals surface area contributed by atoms with Crippen molar-refractivity contribution in [1.82, 2.24) is 0 Å². The van der Waals surface area contributed by atoms with Crippen LogP contribution in [-0.4, -0.2) is 12.4 Å². The first-order valence-electron chi connectivity index (χ1n) is 9.53. The van der Waals surface area contributed by atoms with Gasteiger partial charge in [-0.05, 0) is 54.0 Å².